The van der Waals surface area contributed by atoms with Crippen LogP contribution in [0.5, 0.6) is 5.75 Å². The second kappa shape index (κ2) is 4.73. The summed E-state index contributed by atoms with van der Waals surface area (Å²) in [5.41, 5.74) is 2.40. The number of ketones is 1. The molecule has 0 unspecified atom stereocenters. The standard InChI is InChI=1S/C12H15NO2/c1-8(13-3)11-7-10(9(2)14)5-6-12(11)15-4/h5-7H,1-4H3. The van der Waals surface area contributed by atoms with E-state index in [0.29, 0.717) is 5.56 Å². The molecule has 0 N–H and O–H groups in total. The summed E-state index contributed by atoms with van der Waals surface area (Å²) in [7, 11) is 3.32. The van der Waals surface area contributed by atoms with Crippen LogP contribution < -0.4 is 4.74 Å². The zero-order valence-corrected chi connectivity index (χ0v) is 9.50. The van der Waals surface area contributed by atoms with Crippen LogP contribution in [-0.2, 0) is 0 Å². The highest BCUT2D eigenvalue weighted by Gasteiger charge is 2.08. The number of carbonyl (C=O) groups is 1. The van der Waals surface area contributed by atoms with E-state index in [1.54, 1.807) is 33.2 Å². The van der Waals surface area contributed by atoms with Crippen molar-refractivity contribution in [3.05, 3.63) is 29.3 Å². The molecule has 0 saturated carbocycles. The van der Waals surface area contributed by atoms with Crippen LogP contribution in [0.15, 0.2) is 23.2 Å². The molecule has 1 aromatic carbocycles. The summed E-state index contributed by atoms with van der Waals surface area (Å²) in [6, 6.07) is 5.36. The van der Waals surface area contributed by atoms with Gasteiger partial charge in [-0.2, -0.15) is 0 Å². The Kier molecular flexibility index (Phi) is 3.61. The Bertz CT molecular complexity index is 408. The van der Waals surface area contributed by atoms with Crippen LogP contribution in [0, 0.1) is 0 Å². The van der Waals surface area contributed by atoms with Crippen molar-refractivity contribution in [2.45, 2.75) is 13.8 Å². The molecule has 0 radical (unpaired) electrons. The highest BCUT2D eigenvalue weighted by atomic mass is 16.5. The van der Waals surface area contributed by atoms with Crippen LogP contribution in [-0.4, -0.2) is 25.7 Å². The van der Waals surface area contributed by atoms with Crippen molar-refractivity contribution in [2.75, 3.05) is 14.2 Å². The molecule has 0 fully saturated rings. The number of carbonyl (C=O) groups excluding carboxylic acids is 1. The van der Waals surface area contributed by atoms with Crippen molar-refractivity contribution in [3.8, 4) is 5.75 Å². The van der Waals surface area contributed by atoms with Gasteiger partial charge in [0.2, 0.25) is 0 Å². The van der Waals surface area contributed by atoms with E-state index in [1.165, 1.54) is 0 Å². The lowest BCUT2D eigenvalue weighted by Gasteiger charge is -2.09. The molecule has 0 atom stereocenters. The molecular formula is C12H15NO2. The number of nitrogens with zero attached hydrogens (tertiary/aromatic N) is 1. The largest absolute Gasteiger partial charge is 0.496 e. The Morgan fingerprint density at radius 2 is 2.00 bits per heavy atom. The fourth-order valence-corrected chi connectivity index (χ4v) is 1.33. The third-order valence-corrected chi connectivity index (χ3v) is 2.33. The Balaban J connectivity index is 3.31. The average molecular weight is 205 g/mol. The lowest BCUT2D eigenvalue weighted by Crippen LogP contribution is -2.02. The molecule has 0 heterocycles. The Morgan fingerprint density at radius 3 is 2.47 bits per heavy atom. The third kappa shape index (κ3) is 2.43. The van der Waals surface area contributed by atoms with Crippen molar-refractivity contribution >= 4 is 11.5 Å². The molecule has 0 amide bonds. The zero-order valence-electron chi connectivity index (χ0n) is 9.50. The number of hydrogen-bond acceptors (Lipinski definition) is 3. The average Bonchev–Trinajstić information content (AvgIpc) is 2.27. The maximum absolute atomic E-state index is 11.2. The predicted octanol–water partition coefficient (Wildman–Crippen LogP) is 2.34. The molecule has 0 aliphatic carbocycles. The first-order valence-corrected chi connectivity index (χ1v) is 4.73. The Hall–Kier alpha value is -1.64. The number of Topliss-reactive ketones (excluding diaryl/α,β-unsaturated/α-hetero) is 1. The van der Waals surface area contributed by atoms with E-state index in [-0.39, 0.29) is 5.78 Å². The molecule has 0 saturated heterocycles. The topological polar surface area (TPSA) is 38.7 Å². The van der Waals surface area contributed by atoms with E-state index in [4.69, 9.17) is 4.74 Å². The van der Waals surface area contributed by atoms with Crippen molar-refractivity contribution in [1.29, 1.82) is 0 Å². The molecule has 15 heavy (non-hydrogen) atoms. The Labute approximate surface area is 89.8 Å². The van der Waals surface area contributed by atoms with Crippen molar-refractivity contribution in [3.63, 3.8) is 0 Å². The van der Waals surface area contributed by atoms with Crippen molar-refractivity contribution in [2.24, 2.45) is 4.99 Å². The quantitative estimate of drug-likeness (QED) is 0.561. The van der Waals surface area contributed by atoms with E-state index in [9.17, 15) is 4.79 Å². The monoisotopic (exact) mass is 205 g/mol. The smallest absolute Gasteiger partial charge is 0.159 e. The summed E-state index contributed by atoms with van der Waals surface area (Å²) in [4.78, 5) is 15.3. The SMILES string of the molecule is CN=C(C)c1cc(C(C)=O)ccc1OC. The van der Waals surface area contributed by atoms with E-state index >= 15 is 0 Å². The minimum absolute atomic E-state index is 0.0443. The predicted molar refractivity (Wildman–Crippen MR) is 61.1 cm³/mol. The van der Waals surface area contributed by atoms with Gasteiger partial charge in [-0.05, 0) is 32.0 Å². The minimum Gasteiger partial charge on any atom is -0.496 e. The summed E-state index contributed by atoms with van der Waals surface area (Å²) in [6.07, 6.45) is 0. The van der Waals surface area contributed by atoms with Crippen LogP contribution in [0.25, 0.3) is 0 Å². The van der Waals surface area contributed by atoms with Gasteiger partial charge < -0.3 is 4.74 Å². The normalized spacial score (nSPS) is 11.3. The molecular weight excluding hydrogens is 190 g/mol. The molecule has 3 heteroatoms. The van der Waals surface area contributed by atoms with Gasteiger partial charge in [0, 0.05) is 23.9 Å². The minimum atomic E-state index is 0.0443. The zero-order chi connectivity index (χ0) is 11.4. The van der Waals surface area contributed by atoms with E-state index in [1.807, 2.05) is 13.0 Å². The van der Waals surface area contributed by atoms with Gasteiger partial charge in [0.1, 0.15) is 5.75 Å². The lowest BCUT2D eigenvalue weighted by atomic mass is 10.0. The maximum Gasteiger partial charge on any atom is 0.159 e. The van der Waals surface area contributed by atoms with Gasteiger partial charge in [-0.3, -0.25) is 9.79 Å². The van der Waals surface area contributed by atoms with Gasteiger partial charge in [0.05, 0.1) is 7.11 Å². The molecule has 0 spiro atoms. The van der Waals surface area contributed by atoms with E-state index in [0.717, 1.165) is 17.0 Å². The van der Waals surface area contributed by atoms with Gasteiger partial charge in [0.15, 0.2) is 5.78 Å². The molecule has 1 aromatic rings. The van der Waals surface area contributed by atoms with Crippen molar-refractivity contribution < 1.29 is 9.53 Å². The highest BCUT2D eigenvalue weighted by molar-refractivity contribution is 6.04. The Morgan fingerprint density at radius 1 is 1.33 bits per heavy atom. The molecule has 0 aromatic heterocycles. The van der Waals surface area contributed by atoms with Crippen LogP contribution >= 0.6 is 0 Å². The lowest BCUT2D eigenvalue weighted by molar-refractivity contribution is 0.101. The van der Waals surface area contributed by atoms with Gasteiger partial charge in [-0.1, -0.05) is 0 Å². The van der Waals surface area contributed by atoms with Crippen LogP contribution in [0.4, 0.5) is 0 Å². The van der Waals surface area contributed by atoms with Crippen LogP contribution in [0.3, 0.4) is 0 Å². The van der Waals surface area contributed by atoms with Gasteiger partial charge in [0.25, 0.3) is 0 Å². The van der Waals surface area contributed by atoms with Gasteiger partial charge in [-0.25, -0.2) is 0 Å². The first kappa shape index (κ1) is 11.4. The summed E-state index contributed by atoms with van der Waals surface area (Å²) in [6.45, 7) is 3.44. The van der Waals surface area contributed by atoms with E-state index in [2.05, 4.69) is 4.99 Å². The third-order valence-electron chi connectivity index (χ3n) is 2.33. The number of methoxy groups -OCH3 is 1. The fourth-order valence-electron chi connectivity index (χ4n) is 1.33. The first-order valence-electron chi connectivity index (χ1n) is 4.73. The maximum atomic E-state index is 11.2. The molecule has 80 valence electrons. The van der Waals surface area contributed by atoms with Gasteiger partial charge >= 0.3 is 0 Å². The fraction of sp³-hybridized carbons (Fsp3) is 0.333. The van der Waals surface area contributed by atoms with Crippen LogP contribution in [0.1, 0.15) is 29.8 Å². The highest BCUT2D eigenvalue weighted by Crippen LogP contribution is 2.21. The number of ether oxygens (including phenoxy) is 1. The molecule has 0 aliphatic rings. The van der Waals surface area contributed by atoms with Crippen LogP contribution in [0.2, 0.25) is 0 Å². The van der Waals surface area contributed by atoms with Gasteiger partial charge in [-0.15, -0.1) is 0 Å². The number of rotatable bonds is 3. The second-order valence-electron chi connectivity index (χ2n) is 3.28. The summed E-state index contributed by atoms with van der Waals surface area (Å²) < 4.78 is 5.21. The van der Waals surface area contributed by atoms with E-state index < -0.39 is 0 Å². The molecule has 0 aliphatic heterocycles. The number of benzene rings is 1. The second-order valence-corrected chi connectivity index (χ2v) is 3.28. The molecule has 1 rings (SSSR count). The summed E-state index contributed by atoms with van der Waals surface area (Å²) in [5, 5.41) is 0. The number of aliphatic imine (C=N–C) groups is 1. The molecule has 3 nitrogen and oxygen atoms in total. The number of hydrogen-bond donors (Lipinski definition) is 0. The molecule has 0 bridgehead atoms. The first-order chi connectivity index (χ1) is 7.10. The summed E-state index contributed by atoms with van der Waals surface area (Å²) in [5.74, 6) is 0.783. The summed E-state index contributed by atoms with van der Waals surface area (Å²) >= 11 is 0. The van der Waals surface area contributed by atoms with Crippen molar-refractivity contribution in [1.82, 2.24) is 0 Å².